The average molecular weight is 1430 g/mol. The number of amides is 11. The quantitative estimate of drug-likeness (QED) is 0.0103. The van der Waals surface area contributed by atoms with E-state index in [1.165, 1.54) is 44.5 Å². The van der Waals surface area contributed by atoms with Crippen molar-refractivity contribution < 1.29 is 72.5 Å². The van der Waals surface area contributed by atoms with E-state index in [1.807, 2.05) is 0 Å². The van der Waals surface area contributed by atoms with E-state index < -0.39 is 169 Å². The monoisotopic (exact) mass is 1420 g/mol. The third-order valence-electron chi connectivity index (χ3n) is 16.2. The van der Waals surface area contributed by atoms with Gasteiger partial charge in [-0.3, -0.25) is 67.3 Å². The lowest BCUT2D eigenvalue weighted by Crippen LogP contribution is -2.60. The number of carboxylic acids is 2. The lowest BCUT2D eigenvalue weighted by molar-refractivity contribution is -0.142. The van der Waals surface area contributed by atoms with Gasteiger partial charge in [-0.15, -0.1) is 0 Å². The summed E-state index contributed by atoms with van der Waals surface area (Å²) in [7, 11) is 0. The number of aliphatic carboxylic acids is 2. The van der Waals surface area contributed by atoms with Crippen molar-refractivity contribution >= 4 is 93.8 Å². The molecule has 4 heterocycles. The van der Waals surface area contributed by atoms with Gasteiger partial charge in [-0.1, -0.05) is 66.2 Å². The van der Waals surface area contributed by atoms with E-state index in [0.717, 1.165) is 0 Å². The van der Waals surface area contributed by atoms with E-state index in [4.69, 9.17) is 17.2 Å². The number of H-pyrrole nitrogens is 4. The van der Waals surface area contributed by atoms with Crippen LogP contribution in [0.1, 0.15) is 116 Å². The summed E-state index contributed by atoms with van der Waals surface area (Å²) in [5, 5.41) is 48.3. The summed E-state index contributed by atoms with van der Waals surface area (Å²) in [4.78, 5) is 205. The minimum absolute atomic E-state index is 0.0227. The molecule has 0 aliphatic heterocycles. The van der Waals surface area contributed by atoms with Gasteiger partial charge >= 0.3 is 11.9 Å². The average Bonchev–Trinajstić information content (AvgIpc) is 1.65. The molecule has 5 rings (SSSR count). The van der Waals surface area contributed by atoms with E-state index in [0.29, 0.717) is 33.5 Å². The highest BCUT2D eigenvalue weighted by atomic mass is 16.4. The molecule has 1 aromatic carbocycles. The lowest BCUT2D eigenvalue weighted by Gasteiger charge is -2.29. The maximum Gasteiger partial charge on any atom is 0.325 e. The molecule has 0 aliphatic carbocycles. The van der Waals surface area contributed by atoms with Crippen molar-refractivity contribution in [2.75, 3.05) is 19.6 Å². The predicted octanol–water partition coefficient (Wildman–Crippen LogP) is -3.31. The molecule has 0 bridgehead atoms. The summed E-state index contributed by atoms with van der Waals surface area (Å²) in [6.07, 6.45) is 8.74. The van der Waals surface area contributed by atoms with Gasteiger partial charge in [0.1, 0.15) is 54.4 Å². The molecular weight excluding hydrogens is 1330 g/mol. The number of fused-ring (bicyclic) bond motifs is 1. The first-order valence-corrected chi connectivity index (χ1v) is 33.4. The van der Waals surface area contributed by atoms with Crippen molar-refractivity contribution in [3.63, 3.8) is 0 Å². The number of carboxylic acid groups (broad SMARTS) is 2. The number of hydrogen-bond acceptors (Lipinski definition) is 18. The number of aromatic nitrogens is 7. The Morgan fingerprint density at radius 1 is 0.510 bits per heavy atom. The first-order valence-electron chi connectivity index (χ1n) is 33.4. The van der Waals surface area contributed by atoms with Gasteiger partial charge in [0, 0.05) is 91.4 Å². The van der Waals surface area contributed by atoms with E-state index in [-0.39, 0.29) is 82.1 Å². The Morgan fingerprint density at radius 2 is 0.961 bits per heavy atom. The lowest BCUT2D eigenvalue weighted by atomic mass is 9.96. The molecule has 0 aliphatic rings. The van der Waals surface area contributed by atoms with Gasteiger partial charge in [0.2, 0.25) is 65.0 Å². The second-order valence-electron chi connectivity index (χ2n) is 25.6. The molecule has 102 heavy (non-hydrogen) atoms. The van der Waals surface area contributed by atoms with Crippen LogP contribution in [0.25, 0.3) is 10.9 Å². The molecule has 5 aromatic rings. The zero-order valence-corrected chi connectivity index (χ0v) is 58.0. The van der Waals surface area contributed by atoms with Gasteiger partial charge < -0.3 is 106 Å². The first-order chi connectivity index (χ1) is 48.4. The maximum absolute atomic E-state index is 14.6. The van der Waals surface area contributed by atoms with Gasteiger partial charge in [-0.05, 0) is 68.4 Å². The van der Waals surface area contributed by atoms with E-state index in [2.05, 4.69) is 98.4 Å². The molecule has 4 aromatic heterocycles. The number of carbonyl (C=O) groups is 13. The summed E-state index contributed by atoms with van der Waals surface area (Å²) < 4.78 is 0. The standard InChI is InChI=1S/C65H96N22O15/c1-8-35(6)54(87-58(95)45(15-16-53(90)91)83-61(98)48(20-37-24-73-43-13-10-9-12-41(37)43)81-51(88)28-74-55(92)42(66)21-38-25-69-30-76-38)63(100)86-49(22-39-26-70-31-77-39)56(93)75-29-52(89)80-46(18-33(2)3)59(96)84-47(19-34(4)5)60(97)85-50(23-40-27-71-32-78-40)62(99)82-44(14-11-17-72-65(67)68)57(94)79-36(7)64(101)102/h9-10,12-13,24-27,30-36,42,44-50,54,73H,8,11,14-23,28-29,66H2,1-7H3,(H,69,76)(H,70,77)(H,71,78)(H,74,92)(H,75,93)(H,79,94)(H,80,89)(H,81,88)(H,82,99)(H,83,98)(H,84,96)(H,85,97)(H,86,100)(H,87,95)(H,90,91)(H,101,102)(H4,67,68,72)/t35-,36-,42-,44-,45-,46-,47-,48-,49-,50-,54-/m0/s1. The number of hydrogen-bond donors (Lipinski definition) is 20. The Bertz CT molecular complexity index is 3650. The third kappa shape index (κ3) is 27.4. The molecule has 0 fully saturated rings. The Labute approximate surface area is 587 Å². The van der Waals surface area contributed by atoms with Gasteiger partial charge in [-0.2, -0.15) is 0 Å². The number of rotatable bonds is 44. The minimum atomic E-state index is -1.64. The maximum atomic E-state index is 14.6. The molecule has 0 saturated heterocycles. The summed E-state index contributed by atoms with van der Waals surface area (Å²) in [6.45, 7) is 10.4. The van der Waals surface area contributed by atoms with Crippen molar-refractivity contribution in [3.8, 4) is 0 Å². The number of carbonyl (C=O) groups excluding carboxylic acids is 11. The highest BCUT2D eigenvalue weighted by Gasteiger charge is 2.37. The number of aliphatic imine (C=N–C) groups is 1. The van der Waals surface area contributed by atoms with Crippen LogP contribution in [-0.2, 0) is 88.0 Å². The summed E-state index contributed by atoms with van der Waals surface area (Å²) in [6, 6.07) is -6.67. The smallest absolute Gasteiger partial charge is 0.325 e. The van der Waals surface area contributed by atoms with Crippen LogP contribution in [0.2, 0.25) is 0 Å². The normalized spacial score (nSPS) is 14.5. The molecule has 0 spiro atoms. The Balaban J connectivity index is 1.30. The van der Waals surface area contributed by atoms with Crippen LogP contribution in [0.15, 0.2) is 73.0 Å². The van der Waals surface area contributed by atoms with Crippen LogP contribution in [0, 0.1) is 17.8 Å². The van der Waals surface area contributed by atoms with Crippen molar-refractivity contribution in [2.24, 2.45) is 39.9 Å². The Hall–Kier alpha value is -11.3. The molecule has 37 nitrogen and oxygen atoms in total. The molecule has 556 valence electrons. The van der Waals surface area contributed by atoms with Gasteiger partial charge in [0.05, 0.1) is 38.1 Å². The fourth-order valence-electron chi connectivity index (χ4n) is 10.6. The number of para-hydroxylation sites is 1. The minimum Gasteiger partial charge on any atom is -0.481 e. The van der Waals surface area contributed by atoms with Crippen LogP contribution >= 0.6 is 0 Å². The number of nitrogens with one attached hydrogen (secondary N) is 15. The summed E-state index contributed by atoms with van der Waals surface area (Å²) >= 11 is 0. The second-order valence-corrected chi connectivity index (χ2v) is 25.6. The predicted molar refractivity (Wildman–Crippen MR) is 369 cm³/mol. The van der Waals surface area contributed by atoms with Gasteiger partial charge in [0.25, 0.3) is 0 Å². The van der Waals surface area contributed by atoms with Crippen molar-refractivity contribution in [2.45, 2.75) is 180 Å². The SMILES string of the molecule is CC[C@H](C)[C@H](NC(=O)[C@H](CCC(=O)O)NC(=O)[C@H](Cc1c[nH]c2ccccc12)NC(=O)CNC(=O)[C@@H](N)Cc1cnc[nH]1)C(=O)N[C@@H](Cc1cnc[nH]1)C(=O)NCC(=O)N[C@@H](CC(C)C)C(=O)N[C@@H](CC(C)C)C(=O)N[C@@H](Cc1cnc[nH]1)C(=O)N[C@@H](CCCN=C(N)N)C(=O)N[C@@H](C)C(=O)O. The zero-order chi connectivity index (χ0) is 75.2. The van der Waals surface area contributed by atoms with E-state index in [9.17, 15) is 72.5 Å². The number of guanidine groups is 1. The van der Waals surface area contributed by atoms with Crippen molar-refractivity contribution in [1.82, 2.24) is 93.4 Å². The van der Waals surface area contributed by atoms with Crippen molar-refractivity contribution in [1.29, 1.82) is 0 Å². The van der Waals surface area contributed by atoms with Crippen molar-refractivity contribution in [3.05, 3.63) is 90.7 Å². The number of imidazole rings is 3. The molecule has 0 radical (unpaired) electrons. The zero-order valence-electron chi connectivity index (χ0n) is 58.0. The number of nitrogens with two attached hydrogens (primary N) is 3. The molecule has 37 heteroatoms. The number of aromatic amines is 4. The van der Waals surface area contributed by atoms with Gasteiger partial charge in [0.15, 0.2) is 5.96 Å². The van der Waals surface area contributed by atoms with Gasteiger partial charge in [-0.25, -0.2) is 15.0 Å². The molecule has 23 N–H and O–H groups in total. The molecular formula is C65H96N22O15. The van der Waals surface area contributed by atoms with Crippen LogP contribution in [0.3, 0.4) is 0 Å². The van der Waals surface area contributed by atoms with Crippen LogP contribution < -0.4 is 75.7 Å². The molecule has 0 saturated carbocycles. The van der Waals surface area contributed by atoms with Crippen LogP contribution in [0.5, 0.6) is 0 Å². The topological polar surface area (TPSA) is 587 Å². The Morgan fingerprint density at radius 3 is 1.48 bits per heavy atom. The molecule has 0 unspecified atom stereocenters. The van der Waals surface area contributed by atoms with E-state index in [1.54, 1.807) is 72.0 Å². The second kappa shape index (κ2) is 40.7. The highest BCUT2D eigenvalue weighted by Crippen LogP contribution is 2.20. The molecule has 11 amide bonds. The number of benzene rings is 1. The Kier molecular flexibility index (Phi) is 32.5. The largest absolute Gasteiger partial charge is 0.481 e. The first kappa shape index (κ1) is 81.4. The highest BCUT2D eigenvalue weighted by molar-refractivity contribution is 5.99. The van der Waals surface area contributed by atoms with Crippen LogP contribution in [-0.4, -0.2) is 208 Å². The molecule has 11 atom stereocenters. The van der Waals surface area contributed by atoms with Crippen LogP contribution in [0.4, 0.5) is 0 Å². The fourth-order valence-corrected chi connectivity index (χ4v) is 10.6. The van der Waals surface area contributed by atoms with E-state index >= 15 is 0 Å². The number of nitrogens with zero attached hydrogens (tertiary/aromatic N) is 4. The third-order valence-corrected chi connectivity index (χ3v) is 16.2. The fraction of sp³-hybridized carbons (Fsp3) is 0.523. The summed E-state index contributed by atoms with van der Waals surface area (Å²) in [5.74, 6) is -13.5. The summed E-state index contributed by atoms with van der Waals surface area (Å²) in [5.41, 5.74) is 19.6.